The number of hydrogen-bond donors (Lipinski definition) is 0. The van der Waals surface area contributed by atoms with Crippen molar-refractivity contribution >= 4 is 0 Å². The summed E-state index contributed by atoms with van der Waals surface area (Å²) in [6, 6.07) is 0. The van der Waals surface area contributed by atoms with E-state index in [0.717, 1.165) is 10.8 Å². The largest absolute Gasteiger partial charge is 0.0396 e. The van der Waals surface area contributed by atoms with Crippen LogP contribution in [0.25, 0.3) is 0 Å². The molecule has 0 amide bonds. The summed E-state index contributed by atoms with van der Waals surface area (Å²) in [6.45, 7) is 0. The minimum Gasteiger partial charge on any atom is -0.0396 e. The smallest absolute Gasteiger partial charge is 0.0161 e. The summed E-state index contributed by atoms with van der Waals surface area (Å²) in [4.78, 5) is 0. The third-order valence-corrected chi connectivity index (χ3v) is 14.6. The Kier molecular flexibility index (Phi) is 0.628. The summed E-state index contributed by atoms with van der Waals surface area (Å²) in [5.41, 5.74) is 2.09. The molecule has 0 bridgehead atoms. The van der Waals surface area contributed by atoms with E-state index in [0.29, 0.717) is 0 Å². The van der Waals surface area contributed by atoms with Gasteiger partial charge in [0.05, 0.1) is 0 Å². The minimum atomic E-state index is 1.05. The van der Waals surface area contributed by atoms with Crippen LogP contribution < -0.4 is 0 Å². The van der Waals surface area contributed by atoms with Gasteiger partial charge in [0.1, 0.15) is 0 Å². The molecule has 0 aliphatic heterocycles. The maximum Gasteiger partial charge on any atom is -0.0161 e. The molecule has 13 aliphatic rings. The maximum absolute atomic E-state index is 1.81. The lowest BCUT2D eigenvalue weighted by Gasteiger charge is -2.32. The van der Waals surface area contributed by atoms with Gasteiger partial charge in [-0.1, -0.05) is 0 Å². The van der Waals surface area contributed by atoms with Crippen LogP contribution in [0, 0.1) is 117 Å². The zero-order valence-electron chi connectivity index (χ0n) is 12.1. The van der Waals surface area contributed by atoms with Crippen LogP contribution in [0.15, 0.2) is 0 Å². The van der Waals surface area contributed by atoms with Gasteiger partial charge in [0.2, 0.25) is 0 Å². The van der Waals surface area contributed by atoms with Crippen LogP contribution in [0.3, 0.4) is 0 Å². The molecule has 0 aromatic rings. The Morgan fingerprint density at radius 2 is 0.619 bits per heavy atom. The van der Waals surface area contributed by atoms with Crippen molar-refractivity contribution in [3.8, 4) is 0 Å². The second-order valence-electron chi connectivity index (χ2n) is 12.4. The molecule has 13 saturated carbocycles. The predicted octanol–water partition coefficient (Wildman–Crippen LogP) is 2.60. The van der Waals surface area contributed by atoms with Crippen molar-refractivity contribution in [1.82, 2.24) is 0 Å². The van der Waals surface area contributed by atoms with Crippen molar-refractivity contribution in [1.29, 1.82) is 0 Å². The van der Waals surface area contributed by atoms with Crippen molar-refractivity contribution in [2.75, 3.05) is 0 Å². The number of rotatable bonds is 0. The van der Waals surface area contributed by atoms with E-state index in [1.54, 1.807) is 0 Å². The second kappa shape index (κ2) is 1.61. The van der Waals surface area contributed by atoms with Crippen LogP contribution in [-0.2, 0) is 0 Å². The Balaban J connectivity index is 1.48. The summed E-state index contributed by atoms with van der Waals surface area (Å²) >= 11 is 0. The normalized spacial score (nSPS) is 112. The highest BCUT2D eigenvalue weighted by Crippen LogP contribution is 3.12. The number of hydrogen-bond acceptors (Lipinski definition) is 0. The SMILES string of the molecule is C1C23C4C5C6C7C8C9C6C4C4C9C6C8C8C7C5C2C8C6C143. The van der Waals surface area contributed by atoms with Crippen LogP contribution in [0.4, 0.5) is 0 Å². The Morgan fingerprint density at radius 3 is 1.00 bits per heavy atom. The zero-order valence-corrected chi connectivity index (χ0v) is 12.1. The molecule has 21 heavy (non-hydrogen) atoms. The molecule has 104 valence electrons. The molecule has 0 nitrogen and oxygen atoms in total. The highest BCUT2D eigenvalue weighted by atomic mass is 15.1. The highest BCUT2D eigenvalue weighted by Gasteiger charge is 3.09. The molecule has 0 N–H and O–H groups in total. The van der Waals surface area contributed by atoms with Crippen molar-refractivity contribution < 1.29 is 0 Å². The Hall–Kier alpha value is 0. The maximum atomic E-state index is 1.81. The van der Waals surface area contributed by atoms with Gasteiger partial charge < -0.3 is 0 Å². The first-order valence-electron chi connectivity index (χ1n) is 10.4. The second-order valence-corrected chi connectivity index (χ2v) is 12.4. The molecule has 13 aliphatic carbocycles. The molecular formula is C21H20. The predicted molar refractivity (Wildman–Crippen MR) is 72.3 cm³/mol. The average Bonchev–Trinajstić information content (AvgIpc) is 3.09. The van der Waals surface area contributed by atoms with Crippen LogP contribution >= 0.6 is 0 Å². The fourth-order valence-corrected chi connectivity index (χ4v) is 16.9. The lowest BCUT2D eigenvalue weighted by molar-refractivity contribution is 0.143. The van der Waals surface area contributed by atoms with Gasteiger partial charge in [-0.15, -0.1) is 0 Å². The summed E-state index contributed by atoms with van der Waals surface area (Å²) in [5, 5.41) is 0. The fourth-order valence-electron chi connectivity index (χ4n) is 16.9. The molecule has 12 atom stereocenters. The van der Waals surface area contributed by atoms with Gasteiger partial charge in [0.15, 0.2) is 0 Å². The van der Waals surface area contributed by atoms with Gasteiger partial charge in [0, 0.05) is 0 Å². The Bertz CT molecular complexity index is 667. The topological polar surface area (TPSA) is 0 Å². The lowest BCUT2D eigenvalue weighted by atomic mass is 9.72. The quantitative estimate of drug-likeness (QED) is 0.636. The molecule has 0 aromatic heterocycles. The third kappa shape index (κ3) is 0.345. The van der Waals surface area contributed by atoms with Gasteiger partial charge in [-0.3, -0.25) is 0 Å². The van der Waals surface area contributed by atoms with E-state index in [1.165, 1.54) is 107 Å². The molecule has 0 aromatic carbocycles. The van der Waals surface area contributed by atoms with Crippen LogP contribution in [0.1, 0.15) is 6.42 Å². The van der Waals surface area contributed by atoms with E-state index in [9.17, 15) is 0 Å². The van der Waals surface area contributed by atoms with Crippen LogP contribution in [0.5, 0.6) is 0 Å². The van der Waals surface area contributed by atoms with E-state index < -0.39 is 0 Å². The summed E-state index contributed by atoms with van der Waals surface area (Å²) in [5.74, 6) is 24.1. The van der Waals surface area contributed by atoms with Crippen molar-refractivity contribution in [2.45, 2.75) is 6.42 Å². The van der Waals surface area contributed by atoms with Gasteiger partial charge >= 0.3 is 0 Å². The van der Waals surface area contributed by atoms with Crippen molar-refractivity contribution in [3.05, 3.63) is 0 Å². The van der Waals surface area contributed by atoms with E-state index in [-0.39, 0.29) is 0 Å². The Labute approximate surface area is 124 Å². The minimum absolute atomic E-state index is 1.05. The lowest BCUT2D eigenvalue weighted by Crippen LogP contribution is -2.29. The molecule has 0 radical (unpaired) electrons. The first-order chi connectivity index (χ1) is 10.4. The summed E-state index contributed by atoms with van der Waals surface area (Å²) in [6.07, 6.45) is 1.81. The van der Waals surface area contributed by atoms with Crippen molar-refractivity contribution in [2.24, 2.45) is 117 Å². The molecule has 13 fully saturated rings. The highest BCUT2D eigenvalue weighted by molar-refractivity contribution is 5.55. The first kappa shape index (κ1) is 8.20. The molecule has 2 spiro atoms. The van der Waals surface area contributed by atoms with Crippen LogP contribution in [0.2, 0.25) is 0 Å². The average molecular weight is 272 g/mol. The summed E-state index contributed by atoms with van der Waals surface area (Å²) < 4.78 is 0. The van der Waals surface area contributed by atoms with Crippen LogP contribution in [-0.4, -0.2) is 0 Å². The molecule has 0 saturated heterocycles. The fraction of sp³-hybridized carbons (Fsp3) is 1.00. The molecule has 12 unspecified atom stereocenters. The van der Waals surface area contributed by atoms with Gasteiger partial charge in [-0.05, 0) is 124 Å². The molecule has 13 rings (SSSR count). The molecular weight excluding hydrogens is 252 g/mol. The van der Waals surface area contributed by atoms with E-state index in [4.69, 9.17) is 0 Å². The standard InChI is InChI=1S/C21H20/c1-20-16-10-4-2-3-6-8(4)14(16)18-12(6)13-7(3)9-5(2)11(10)17(20)15(9)19(13)21(1,18)20/h2-19H,1H2. The van der Waals surface area contributed by atoms with E-state index in [1.807, 2.05) is 6.42 Å². The Morgan fingerprint density at radius 1 is 0.333 bits per heavy atom. The van der Waals surface area contributed by atoms with Gasteiger partial charge in [-0.2, -0.15) is 0 Å². The zero-order chi connectivity index (χ0) is 12.1. The van der Waals surface area contributed by atoms with E-state index >= 15 is 0 Å². The third-order valence-electron chi connectivity index (χ3n) is 14.6. The van der Waals surface area contributed by atoms with E-state index in [2.05, 4.69) is 0 Å². The first-order valence-corrected chi connectivity index (χ1v) is 10.4. The molecule has 0 heterocycles. The van der Waals surface area contributed by atoms with Gasteiger partial charge in [-0.25, -0.2) is 0 Å². The summed E-state index contributed by atoms with van der Waals surface area (Å²) in [7, 11) is 0. The monoisotopic (exact) mass is 272 g/mol. The molecule has 0 heteroatoms. The van der Waals surface area contributed by atoms with Crippen molar-refractivity contribution in [3.63, 3.8) is 0 Å². The van der Waals surface area contributed by atoms with Gasteiger partial charge in [0.25, 0.3) is 0 Å².